The van der Waals surface area contributed by atoms with Crippen LogP contribution in [0.5, 0.6) is 0 Å². The summed E-state index contributed by atoms with van der Waals surface area (Å²) < 4.78 is 29.6. The number of piperidine rings is 1. The van der Waals surface area contributed by atoms with Gasteiger partial charge in [-0.3, -0.25) is 4.79 Å². The molecule has 29 heavy (non-hydrogen) atoms. The lowest BCUT2D eigenvalue weighted by molar-refractivity contribution is -0.924. The van der Waals surface area contributed by atoms with Crippen LogP contribution in [0, 0.1) is 17.6 Å². The number of pyridine rings is 1. The number of quaternary nitrogens is 1. The van der Waals surface area contributed by atoms with E-state index in [-0.39, 0.29) is 23.1 Å². The Bertz CT molecular complexity index is 1110. The molecule has 148 valence electrons. The third-order valence-electron chi connectivity index (χ3n) is 6.31. The molecule has 0 aliphatic carbocycles. The van der Waals surface area contributed by atoms with Crippen molar-refractivity contribution in [2.24, 2.45) is 5.92 Å². The fraction of sp³-hybridized carbons (Fsp3) is 0.292. The van der Waals surface area contributed by atoms with Gasteiger partial charge in [0.05, 0.1) is 13.1 Å². The summed E-state index contributed by atoms with van der Waals surface area (Å²) in [5.74, 6) is 0.149. The van der Waals surface area contributed by atoms with E-state index >= 15 is 0 Å². The van der Waals surface area contributed by atoms with E-state index < -0.39 is 0 Å². The van der Waals surface area contributed by atoms with Crippen molar-refractivity contribution in [3.8, 4) is 11.1 Å². The summed E-state index contributed by atoms with van der Waals surface area (Å²) in [4.78, 5) is 14.0. The van der Waals surface area contributed by atoms with Crippen LogP contribution >= 0.6 is 0 Å². The number of rotatable bonds is 3. The number of aromatic nitrogens is 1. The van der Waals surface area contributed by atoms with Crippen molar-refractivity contribution >= 4 is 0 Å². The Hall–Kier alpha value is -2.79. The molecule has 3 nitrogen and oxygen atoms in total. The number of fused-ring (bicyclic) bond motifs is 4. The standard InChI is InChI=1S/C24H22F2N2O/c25-19-7-5-16(6-8-19)12-27-13-17-11-18(15-27)24-21(9-10-23(29)28(24)14-17)20-3-1-2-4-22(20)26/h1-10,17-18H,11-15H2/p+1/t17-,18+/m0/s1. The van der Waals surface area contributed by atoms with E-state index in [0.29, 0.717) is 18.0 Å². The highest BCUT2D eigenvalue weighted by atomic mass is 19.1. The molecule has 1 N–H and O–H groups in total. The van der Waals surface area contributed by atoms with Gasteiger partial charge in [0.2, 0.25) is 0 Å². The van der Waals surface area contributed by atoms with Crippen LogP contribution in [0.4, 0.5) is 8.78 Å². The number of hydrogen-bond acceptors (Lipinski definition) is 1. The van der Waals surface area contributed by atoms with Gasteiger partial charge in [0.25, 0.3) is 5.56 Å². The minimum Gasteiger partial charge on any atom is -0.330 e. The molecule has 2 aliphatic heterocycles. The molecule has 0 saturated carbocycles. The number of benzene rings is 2. The summed E-state index contributed by atoms with van der Waals surface area (Å²) >= 11 is 0. The van der Waals surface area contributed by atoms with Gasteiger partial charge in [-0.05, 0) is 30.7 Å². The van der Waals surface area contributed by atoms with Crippen molar-refractivity contribution in [3.05, 3.63) is 93.9 Å². The van der Waals surface area contributed by atoms with Crippen LogP contribution < -0.4 is 10.5 Å². The minimum atomic E-state index is -0.262. The Morgan fingerprint density at radius 1 is 0.931 bits per heavy atom. The van der Waals surface area contributed by atoms with E-state index in [1.54, 1.807) is 24.3 Å². The highest BCUT2D eigenvalue weighted by molar-refractivity contribution is 5.67. The first-order chi connectivity index (χ1) is 14.1. The molecule has 1 aromatic heterocycles. The monoisotopic (exact) mass is 393 g/mol. The maximum atomic E-state index is 14.5. The van der Waals surface area contributed by atoms with Crippen molar-refractivity contribution in [3.63, 3.8) is 0 Å². The van der Waals surface area contributed by atoms with Gasteiger partial charge in [-0.2, -0.15) is 0 Å². The Morgan fingerprint density at radius 3 is 2.52 bits per heavy atom. The third-order valence-corrected chi connectivity index (χ3v) is 6.31. The molecule has 5 heteroatoms. The topological polar surface area (TPSA) is 26.4 Å². The van der Waals surface area contributed by atoms with Crippen molar-refractivity contribution in [2.75, 3.05) is 13.1 Å². The first kappa shape index (κ1) is 18.3. The van der Waals surface area contributed by atoms with Crippen molar-refractivity contribution in [1.29, 1.82) is 0 Å². The molecule has 2 bridgehead atoms. The Kier molecular flexibility index (Phi) is 4.55. The Morgan fingerprint density at radius 2 is 1.72 bits per heavy atom. The van der Waals surface area contributed by atoms with Gasteiger partial charge in [-0.15, -0.1) is 0 Å². The van der Waals surface area contributed by atoms with Crippen LogP contribution in [0.2, 0.25) is 0 Å². The van der Waals surface area contributed by atoms with Crippen LogP contribution in [-0.2, 0) is 13.1 Å². The molecule has 3 heterocycles. The largest absolute Gasteiger partial charge is 0.330 e. The fourth-order valence-electron chi connectivity index (χ4n) is 5.18. The van der Waals surface area contributed by atoms with Gasteiger partial charge in [-0.25, -0.2) is 8.78 Å². The molecule has 2 aromatic carbocycles. The normalized spacial score (nSPS) is 22.9. The predicted molar refractivity (Wildman–Crippen MR) is 108 cm³/mol. The summed E-state index contributed by atoms with van der Waals surface area (Å²) in [5.41, 5.74) is 3.46. The maximum Gasteiger partial charge on any atom is 0.250 e. The molecule has 3 atom stereocenters. The lowest BCUT2D eigenvalue weighted by Crippen LogP contribution is -3.13. The fourth-order valence-corrected chi connectivity index (χ4v) is 5.18. The second-order valence-corrected chi connectivity index (χ2v) is 8.32. The zero-order valence-corrected chi connectivity index (χ0v) is 16.1. The molecule has 5 rings (SSSR count). The van der Waals surface area contributed by atoms with E-state index in [4.69, 9.17) is 0 Å². The number of nitrogens with one attached hydrogen (secondary N) is 1. The Labute approximate surface area is 168 Å². The summed E-state index contributed by atoms with van der Waals surface area (Å²) in [6, 6.07) is 16.8. The average Bonchev–Trinajstić information content (AvgIpc) is 2.71. The summed E-state index contributed by atoms with van der Waals surface area (Å²) in [6.07, 6.45) is 1.03. The SMILES string of the molecule is O=c1ccc(-c2ccccc2F)c2n1C[C@H]1C[C@@H]2C[NH+](Cc2ccc(F)cc2)C1. The van der Waals surface area contributed by atoms with Gasteiger partial charge in [-0.1, -0.05) is 30.3 Å². The molecule has 3 aromatic rings. The number of hydrogen-bond donors (Lipinski definition) is 1. The number of nitrogens with zero attached hydrogens (tertiary/aromatic N) is 1. The smallest absolute Gasteiger partial charge is 0.250 e. The van der Waals surface area contributed by atoms with Gasteiger partial charge >= 0.3 is 0 Å². The van der Waals surface area contributed by atoms with E-state index in [2.05, 4.69) is 0 Å². The van der Waals surface area contributed by atoms with Crippen LogP contribution in [-0.4, -0.2) is 17.7 Å². The molecular weight excluding hydrogens is 370 g/mol. The second-order valence-electron chi connectivity index (χ2n) is 8.32. The molecule has 1 unspecified atom stereocenters. The predicted octanol–water partition coefficient (Wildman–Crippen LogP) is 3.00. The Balaban J connectivity index is 1.51. The first-order valence-electron chi connectivity index (χ1n) is 10.1. The lowest BCUT2D eigenvalue weighted by atomic mass is 9.80. The van der Waals surface area contributed by atoms with E-state index in [1.807, 2.05) is 22.8 Å². The molecule has 1 fully saturated rings. The van der Waals surface area contributed by atoms with Crippen LogP contribution in [0.1, 0.15) is 23.6 Å². The average molecular weight is 393 g/mol. The van der Waals surface area contributed by atoms with Crippen molar-refractivity contribution in [2.45, 2.75) is 25.4 Å². The van der Waals surface area contributed by atoms with Gasteiger partial charge < -0.3 is 9.47 Å². The quantitative estimate of drug-likeness (QED) is 0.728. The zero-order valence-electron chi connectivity index (χ0n) is 16.1. The van der Waals surface area contributed by atoms with Crippen molar-refractivity contribution < 1.29 is 13.7 Å². The van der Waals surface area contributed by atoms with Crippen molar-refractivity contribution in [1.82, 2.24) is 4.57 Å². The molecule has 0 amide bonds. The van der Waals surface area contributed by atoms with Crippen LogP contribution in [0.3, 0.4) is 0 Å². The zero-order chi connectivity index (χ0) is 20.0. The highest BCUT2D eigenvalue weighted by Gasteiger charge is 2.38. The summed E-state index contributed by atoms with van der Waals surface area (Å²) in [5, 5.41) is 0. The van der Waals surface area contributed by atoms with E-state index in [1.165, 1.54) is 23.1 Å². The highest BCUT2D eigenvalue weighted by Crippen LogP contribution is 2.37. The summed E-state index contributed by atoms with van der Waals surface area (Å²) in [7, 11) is 0. The van der Waals surface area contributed by atoms with Crippen LogP contribution in [0.25, 0.3) is 11.1 Å². The molecule has 2 aliphatic rings. The number of likely N-dealkylation sites (tertiary alicyclic amines) is 1. The summed E-state index contributed by atoms with van der Waals surface area (Å²) in [6.45, 7) is 3.39. The van der Waals surface area contributed by atoms with Crippen LogP contribution in [0.15, 0.2) is 65.5 Å². The molecular formula is C24H23F2N2O+. The van der Waals surface area contributed by atoms with Gasteiger partial charge in [0.15, 0.2) is 0 Å². The lowest BCUT2D eigenvalue weighted by Gasteiger charge is -2.41. The maximum absolute atomic E-state index is 14.5. The van der Waals surface area contributed by atoms with Gasteiger partial charge in [0.1, 0.15) is 18.2 Å². The van der Waals surface area contributed by atoms with E-state index in [9.17, 15) is 13.6 Å². The molecule has 0 spiro atoms. The first-order valence-corrected chi connectivity index (χ1v) is 10.1. The third kappa shape index (κ3) is 3.40. The molecule has 0 radical (unpaired) electrons. The molecule has 1 saturated heterocycles. The minimum absolute atomic E-state index is 0.00299. The van der Waals surface area contributed by atoms with E-state index in [0.717, 1.165) is 42.9 Å². The van der Waals surface area contributed by atoms with Gasteiger partial charge in [0, 0.05) is 46.8 Å². The second kappa shape index (κ2) is 7.23. The number of halogens is 2.